The number of aromatic nitrogens is 3. The van der Waals surface area contributed by atoms with Crippen molar-refractivity contribution in [2.45, 2.75) is 81.8 Å². The van der Waals surface area contributed by atoms with Crippen LogP contribution < -0.4 is 0 Å². The van der Waals surface area contributed by atoms with Crippen LogP contribution in [0.4, 0.5) is 0 Å². The first-order valence-corrected chi connectivity index (χ1v) is 11.3. The van der Waals surface area contributed by atoms with E-state index in [1.807, 2.05) is 18.2 Å². The molecule has 1 aromatic carbocycles. The molecule has 5 heteroatoms. The Morgan fingerprint density at radius 2 is 1.83 bits per heavy atom. The average molecular weight is 391 g/mol. The van der Waals surface area contributed by atoms with Gasteiger partial charge in [-0.1, -0.05) is 36.8 Å². The fourth-order valence-electron chi connectivity index (χ4n) is 5.12. The zero-order chi connectivity index (χ0) is 19.7. The molecule has 2 aromatic rings. The van der Waals surface area contributed by atoms with Crippen molar-refractivity contribution in [3.8, 4) is 6.07 Å². The molecule has 152 valence electrons. The second kappa shape index (κ2) is 7.57. The van der Waals surface area contributed by atoms with Crippen molar-refractivity contribution in [2.75, 3.05) is 6.61 Å². The van der Waals surface area contributed by atoms with Crippen LogP contribution in [-0.2, 0) is 28.7 Å². The van der Waals surface area contributed by atoms with Gasteiger partial charge in [0.15, 0.2) is 5.82 Å². The van der Waals surface area contributed by atoms with Crippen molar-refractivity contribution in [1.82, 2.24) is 14.8 Å². The third-order valence-corrected chi connectivity index (χ3v) is 7.26. The van der Waals surface area contributed by atoms with Gasteiger partial charge in [0.2, 0.25) is 0 Å². The van der Waals surface area contributed by atoms with E-state index in [-0.39, 0.29) is 0 Å². The minimum absolute atomic E-state index is 0.396. The summed E-state index contributed by atoms with van der Waals surface area (Å²) in [6.07, 6.45) is 10.5. The lowest BCUT2D eigenvalue weighted by Gasteiger charge is -2.43. The standard InChI is InChI=1S/C24H30N4O/c25-18-23(20-7-3-1-4-8-20)12-14-24(15-13-23,29-17-19-10-11-19)22-27-26-21-9-5-2-6-16-28(21)22/h1,3-4,7-8,19H,2,5-6,9-17H2. The molecule has 1 aromatic heterocycles. The van der Waals surface area contributed by atoms with Gasteiger partial charge in [-0.15, -0.1) is 10.2 Å². The first kappa shape index (κ1) is 18.8. The largest absolute Gasteiger partial charge is 0.367 e. The summed E-state index contributed by atoms with van der Waals surface area (Å²) in [7, 11) is 0. The van der Waals surface area contributed by atoms with Crippen LogP contribution in [0.1, 0.15) is 75.0 Å². The van der Waals surface area contributed by atoms with Gasteiger partial charge < -0.3 is 9.30 Å². The second-order valence-electron chi connectivity index (χ2n) is 9.21. The van der Waals surface area contributed by atoms with Gasteiger partial charge in [0.05, 0.1) is 18.1 Å². The van der Waals surface area contributed by atoms with E-state index < -0.39 is 11.0 Å². The number of nitriles is 1. The molecule has 2 fully saturated rings. The van der Waals surface area contributed by atoms with Crippen LogP contribution in [0.2, 0.25) is 0 Å². The number of fused-ring (bicyclic) bond motifs is 1. The summed E-state index contributed by atoms with van der Waals surface area (Å²) in [4.78, 5) is 0. The van der Waals surface area contributed by atoms with E-state index in [2.05, 4.69) is 33.0 Å². The van der Waals surface area contributed by atoms with Gasteiger partial charge in [0.25, 0.3) is 0 Å². The summed E-state index contributed by atoms with van der Waals surface area (Å²) >= 11 is 0. The van der Waals surface area contributed by atoms with E-state index in [1.54, 1.807) is 0 Å². The quantitative estimate of drug-likeness (QED) is 0.745. The number of hydrogen-bond acceptors (Lipinski definition) is 4. The lowest BCUT2D eigenvalue weighted by atomic mass is 9.65. The Bertz CT molecular complexity index is 885. The molecule has 2 saturated carbocycles. The number of rotatable bonds is 5. The molecule has 0 N–H and O–H groups in total. The molecule has 5 rings (SSSR count). The van der Waals surface area contributed by atoms with Crippen LogP contribution in [0.25, 0.3) is 0 Å². The number of ether oxygens (including phenoxy) is 1. The van der Waals surface area contributed by atoms with Crippen molar-refractivity contribution in [2.24, 2.45) is 5.92 Å². The fraction of sp³-hybridized carbons (Fsp3) is 0.625. The number of aryl methyl sites for hydroxylation is 1. The lowest BCUT2D eigenvalue weighted by Crippen LogP contribution is -2.43. The summed E-state index contributed by atoms with van der Waals surface area (Å²) in [5.41, 5.74) is 0.321. The Kier molecular flexibility index (Phi) is 4.91. The molecule has 2 heterocycles. The molecule has 29 heavy (non-hydrogen) atoms. The van der Waals surface area contributed by atoms with Crippen LogP contribution in [0, 0.1) is 17.2 Å². The molecular formula is C24H30N4O. The monoisotopic (exact) mass is 390 g/mol. The molecule has 5 nitrogen and oxygen atoms in total. The first-order valence-electron chi connectivity index (χ1n) is 11.3. The van der Waals surface area contributed by atoms with Crippen molar-refractivity contribution >= 4 is 0 Å². The smallest absolute Gasteiger partial charge is 0.165 e. The Morgan fingerprint density at radius 1 is 1.03 bits per heavy atom. The fourth-order valence-corrected chi connectivity index (χ4v) is 5.12. The van der Waals surface area contributed by atoms with E-state index in [0.29, 0.717) is 5.92 Å². The summed E-state index contributed by atoms with van der Waals surface area (Å²) in [5.74, 6) is 2.84. The van der Waals surface area contributed by atoms with Gasteiger partial charge in [-0.25, -0.2) is 0 Å². The SMILES string of the molecule is N#CC1(c2ccccc2)CCC(OCC2CC2)(c2nnc3n2CCCCC3)CC1. The predicted octanol–water partition coefficient (Wildman–Crippen LogP) is 4.66. The van der Waals surface area contributed by atoms with Crippen LogP contribution in [0.5, 0.6) is 0 Å². The third kappa shape index (κ3) is 3.48. The highest BCUT2D eigenvalue weighted by atomic mass is 16.5. The first-order chi connectivity index (χ1) is 14.2. The summed E-state index contributed by atoms with van der Waals surface area (Å²) in [6, 6.07) is 13.0. The van der Waals surface area contributed by atoms with E-state index >= 15 is 0 Å². The van der Waals surface area contributed by atoms with Crippen molar-refractivity contribution < 1.29 is 4.74 Å². The maximum Gasteiger partial charge on any atom is 0.165 e. The highest BCUT2D eigenvalue weighted by molar-refractivity contribution is 5.34. The number of benzene rings is 1. The van der Waals surface area contributed by atoms with Crippen LogP contribution in [0.15, 0.2) is 30.3 Å². The summed E-state index contributed by atoms with van der Waals surface area (Å²) < 4.78 is 9.04. The normalized spacial score (nSPS) is 29.6. The summed E-state index contributed by atoms with van der Waals surface area (Å²) in [6.45, 7) is 1.81. The van der Waals surface area contributed by atoms with Gasteiger partial charge >= 0.3 is 0 Å². The Labute approximate surface area is 173 Å². The molecule has 0 unspecified atom stereocenters. The van der Waals surface area contributed by atoms with Gasteiger partial charge in [0, 0.05) is 13.0 Å². The maximum atomic E-state index is 10.1. The molecular weight excluding hydrogens is 360 g/mol. The number of nitrogens with zero attached hydrogens (tertiary/aromatic N) is 4. The van der Waals surface area contributed by atoms with E-state index in [1.165, 1.54) is 32.1 Å². The minimum atomic E-state index is -0.421. The third-order valence-electron chi connectivity index (χ3n) is 7.26. The van der Waals surface area contributed by atoms with Crippen LogP contribution >= 0.6 is 0 Å². The molecule has 1 aliphatic heterocycles. The Hall–Kier alpha value is -2.19. The molecule has 0 atom stereocenters. The molecule has 3 aliphatic rings. The van der Waals surface area contributed by atoms with Gasteiger partial charge in [-0.2, -0.15) is 5.26 Å². The zero-order valence-corrected chi connectivity index (χ0v) is 17.1. The molecule has 0 spiro atoms. The predicted molar refractivity (Wildman–Crippen MR) is 110 cm³/mol. The van der Waals surface area contributed by atoms with Crippen LogP contribution in [0.3, 0.4) is 0 Å². The van der Waals surface area contributed by atoms with E-state index in [9.17, 15) is 5.26 Å². The average Bonchev–Trinajstić information content (AvgIpc) is 3.57. The zero-order valence-electron chi connectivity index (χ0n) is 17.1. The topological polar surface area (TPSA) is 63.7 Å². The highest BCUT2D eigenvalue weighted by Gasteiger charge is 2.49. The Balaban J connectivity index is 1.46. The minimum Gasteiger partial charge on any atom is -0.367 e. The van der Waals surface area contributed by atoms with E-state index in [0.717, 1.165) is 62.5 Å². The second-order valence-corrected chi connectivity index (χ2v) is 9.21. The molecule has 0 saturated heterocycles. The van der Waals surface area contributed by atoms with Crippen molar-refractivity contribution in [1.29, 1.82) is 5.26 Å². The maximum absolute atomic E-state index is 10.1. The van der Waals surface area contributed by atoms with Crippen molar-refractivity contribution in [3.63, 3.8) is 0 Å². The lowest BCUT2D eigenvalue weighted by molar-refractivity contribution is -0.0961. The molecule has 0 bridgehead atoms. The summed E-state index contributed by atoms with van der Waals surface area (Å²) in [5, 5.41) is 19.4. The highest BCUT2D eigenvalue weighted by Crippen LogP contribution is 2.49. The molecule has 0 amide bonds. The van der Waals surface area contributed by atoms with Crippen molar-refractivity contribution in [3.05, 3.63) is 47.5 Å². The van der Waals surface area contributed by atoms with E-state index in [4.69, 9.17) is 4.74 Å². The van der Waals surface area contributed by atoms with Gasteiger partial charge in [-0.3, -0.25) is 0 Å². The molecule has 2 aliphatic carbocycles. The number of hydrogen-bond donors (Lipinski definition) is 0. The van der Waals surface area contributed by atoms with Gasteiger partial charge in [-0.05, 0) is 62.8 Å². The van der Waals surface area contributed by atoms with Crippen LogP contribution in [-0.4, -0.2) is 21.4 Å². The van der Waals surface area contributed by atoms with Gasteiger partial charge in [0.1, 0.15) is 11.4 Å². The Morgan fingerprint density at radius 3 is 2.55 bits per heavy atom. The molecule has 0 radical (unpaired) electrons.